The van der Waals surface area contributed by atoms with Gasteiger partial charge in [-0.15, -0.1) is 0 Å². The number of rotatable bonds is 7. The Balaban J connectivity index is 4.11. The van der Waals surface area contributed by atoms with Crippen molar-refractivity contribution in [2.45, 2.75) is 44.8 Å². The van der Waals surface area contributed by atoms with E-state index in [0.29, 0.717) is 6.54 Å². The Hall–Kier alpha value is -0.290. The molecule has 0 spiro atoms. The normalized spacial score (nSPS) is 14.6. The van der Waals surface area contributed by atoms with Gasteiger partial charge in [0.1, 0.15) is 6.04 Å². The summed E-state index contributed by atoms with van der Waals surface area (Å²) in [6.07, 6.45) is -1.39. The Morgan fingerprint density at radius 2 is 1.87 bits per heavy atom. The Bertz CT molecular complexity index is 159. The van der Waals surface area contributed by atoms with Crippen LogP contribution in [0.3, 0.4) is 0 Å². The van der Waals surface area contributed by atoms with Crippen molar-refractivity contribution in [2.75, 3.05) is 20.1 Å². The summed E-state index contributed by atoms with van der Waals surface area (Å²) in [6, 6.07) is -1.39. The molecule has 0 saturated heterocycles. The van der Waals surface area contributed by atoms with Gasteiger partial charge in [-0.05, 0) is 33.0 Å². The highest BCUT2D eigenvalue weighted by atomic mass is 19.4. The van der Waals surface area contributed by atoms with Crippen LogP contribution in [0.1, 0.15) is 32.6 Å². The molecule has 0 bridgehead atoms. The van der Waals surface area contributed by atoms with Crippen molar-refractivity contribution in [2.24, 2.45) is 5.73 Å². The fraction of sp³-hybridized carbons (Fsp3) is 1.00. The van der Waals surface area contributed by atoms with Gasteiger partial charge in [0.25, 0.3) is 0 Å². The molecule has 0 saturated carbocycles. The van der Waals surface area contributed by atoms with Crippen molar-refractivity contribution in [1.82, 2.24) is 4.90 Å². The third kappa shape index (κ3) is 5.99. The molecule has 2 N–H and O–H groups in total. The molecule has 0 aliphatic heterocycles. The Kier molecular flexibility index (Phi) is 6.92. The third-order valence-electron chi connectivity index (χ3n) is 2.46. The summed E-state index contributed by atoms with van der Waals surface area (Å²) in [6.45, 7) is 2.58. The number of alkyl halides is 3. The average molecular weight is 226 g/mol. The Morgan fingerprint density at radius 1 is 1.27 bits per heavy atom. The van der Waals surface area contributed by atoms with Crippen LogP contribution in [0.2, 0.25) is 0 Å². The van der Waals surface area contributed by atoms with Crippen molar-refractivity contribution in [1.29, 1.82) is 0 Å². The van der Waals surface area contributed by atoms with Crippen molar-refractivity contribution < 1.29 is 13.2 Å². The summed E-state index contributed by atoms with van der Waals surface area (Å²) in [5.74, 6) is 0. The lowest BCUT2D eigenvalue weighted by molar-refractivity contribution is -0.181. The van der Waals surface area contributed by atoms with Crippen molar-refractivity contribution in [3.63, 3.8) is 0 Å². The lowest BCUT2D eigenvalue weighted by Gasteiger charge is -2.29. The first-order chi connectivity index (χ1) is 6.93. The average Bonchev–Trinajstić information content (AvgIpc) is 2.12. The molecular formula is C10H21F3N2. The first-order valence-corrected chi connectivity index (χ1v) is 5.40. The van der Waals surface area contributed by atoms with Gasteiger partial charge < -0.3 is 5.73 Å². The van der Waals surface area contributed by atoms with Crippen LogP contribution in [0.25, 0.3) is 0 Å². The van der Waals surface area contributed by atoms with Crippen LogP contribution in [-0.2, 0) is 0 Å². The number of halogens is 3. The van der Waals surface area contributed by atoms with E-state index in [9.17, 15) is 13.2 Å². The molecule has 92 valence electrons. The molecule has 15 heavy (non-hydrogen) atoms. The summed E-state index contributed by atoms with van der Waals surface area (Å²) in [5.41, 5.74) is 5.19. The van der Waals surface area contributed by atoms with Gasteiger partial charge in [-0.2, -0.15) is 13.2 Å². The second-order valence-corrected chi connectivity index (χ2v) is 3.82. The lowest BCUT2D eigenvalue weighted by Crippen LogP contribution is -2.45. The van der Waals surface area contributed by atoms with Crippen molar-refractivity contribution in [3.05, 3.63) is 0 Å². The van der Waals surface area contributed by atoms with E-state index >= 15 is 0 Å². The smallest absolute Gasteiger partial charge is 0.330 e. The van der Waals surface area contributed by atoms with Crippen LogP contribution < -0.4 is 5.73 Å². The Labute approximate surface area is 89.6 Å². The van der Waals surface area contributed by atoms with E-state index in [4.69, 9.17) is 5.73 Å². The first-order valence-electron chi connectivity index (χ1n) is 5.40. The van der Waals surface area contributed by atoms with Gasteiger partial charge in [-0.1, -0.05) is 19.8 Å². The fourth-order valence-electron chi connectivity index (χ4n) is 1.56. The van der Waals surface area contributed by atoms with Crippen molar-refractivity contribution >= 4 is 0 Å². The SMILES string of the molecule is CCCCCN(C)C(CCN)C(F)(F)F. The van der Waals surface area contributed by atoms with E-state index in [1.807, 2.05) is 6.92 Å². The van der Waals surface area contributed by atoms with E-state index in [1.54, 1.807) is 0 Å². The minimum absolute atomic E-state index is 0.0217. The molecule has 2 nitrogen and oxygen atoms in total. The summed E-state index contributed by atoms with van der Waals surface area (Å²) < 4.78 is 37.7. The lowest BCUT2D eigenvalue weighted by atomic mass is 10.1. The van der Waals surface area contributed by atoms with E-state index < -0.39 is 12.2 Å². The number of nitrogens with two attached hydrogens (primary N) is 1. The van der Waals surface area contributed by atoms with Crippen LogP contribution >= 0.6 is 0 Å². The minimum atomic E-state index is -4.17. The van der Waals surface area contributed by atoms with Crippen LogP contribution in [0.4, 0.5) is 13.2 Å². The quantitative estimate of drug-likeness (QED) is 0.675. The third-order valence-corrected chi connectivity index (χ3v) is 2.46. The van der Waals surface area contributed by atoms with E-state index in [2.05, 4.69) is 0 Å². The number of unbranched alkanes of at least 4 members (excludes halogenated alkanes) is 2. The summed E-state index contributed by atoms with van der Waals surface area (Å²) >= 11 is 0. The second kappa shape index (κ2) is 7.06. The van der Waals surface area contributed by atoms with Crippen LogP contribution in [-0.4, -0.2) is 37.3 Å². The maximum Gasteiger partial charge on any atom is 0.404 e. The first kappa shape index (κ1) is 14.7. The van der Waals surface area contributed by atoms with Gasteiger partial charge in [0.2, 0.25) is 0 Å². The molecule has 1 atom stereocenters. The topological polar surface area (TPSA) is 29.3 Å². The molecule has 0 aromatic carbocycles. The zero-order chi connectivity index (χ0) is 11.9. The molecule has 0 amide bonds. The van der Waals surface area contributed by atoms with E-state index in [1.165, 1.54) is 11.9 Å². The Morgan fingerprint density at radius 3 is 2.27 bits per heavy atom. The highest BCUT2D eigenvalue weighted by Crippen LogP contribution is 2.26. The number of nitrogens with zero attached hydrogens (tertiary/aromatic N) is 1. The van der Waals surface area contributed by atoms with Gasteiger partial charge in [0.05, 0.1) is 0 Å². The van der Waals surface area contributed by atoms with Crippen LogP contribution in [0.5, 0.6) is 0 Å². The molecule has 5 heteroatoms. The highest BCUT2D eigenvalue weighted by molar-refractivity contribution is 4.76. The largest absolute Gasteiger partial charge is 0.404 e. The maximum atomic E-state index is 12.6. The zero-order valence-corrected chi connectivity index (χ0v) is 9.48. The molecule has 0 heterocycles. The van der Waals surface area contributed by atoms with Gasteiger partial charge in [-0.3, -0.25) is 4.90 Å². The molecular weight excluding hydrogens is 205 g/mol. The zero-order valence-electron chi connectivity index (χ0n) is 9.48. The van der Waals surface area contributed by atoms with Crippen molar-refractivity contribution in [3.8, 4) is 0 Å². The van der Waals surface area contributed by atoms with Gasteiger partial charge in [0.15, 0.2) is 0 Å². The molecule has 0 radical (unpaired) electrons. The van der Waals surface area contributed by atoms with Crippen LogP contribution in [0.15, 0.2) is 0 Å². The van der Waals surface area contributed by atoms with Gasteiger partial charge in [-0.25, -0.2) is 0 Å². The van der Waals surface area contributed by atoms with Crippen LogP contribution in [0, 0.1) is 0 Å². The highest BCUT2D eigenvalue weighted by Gasteiger charge is 2.41. The molecule has 0 rings (SSSR count). The predicted octanol–water partition coefficient (Wildman–Crippen LogP) is 2.39. The molecule has 0 aliphatic carbocycles. The molecule has 0 fully saturated rings. The number of hydrogen-bond donors (Lipinski definition) is 1. The minimum Gasteiger partial charge on any atom is -0.330 e. The van der Waals surface area contributed by atoms with Gasteiger partial charge in [0, 0.05) is 0 Å². The summed E-state index contributed by atoms with van der Waals surface area (Å²) in [5, 5.41) is 0. The van der Waals surface area contributed by atoms with E-state index in [0.717, 1.165) is 19.3 Å². The summed E-state index contributed by atoms with van der Waals surface area (Å²) in [7, 11) is 1.52. The molecule has 1 unspecified atom stereocenters. The monoisotopic (exact) mass is 226 g/mol. The fourth-order valence-corrected chi connectivity index (χ4v) is 1.56. The summed E-state index contributed by atoms with van der Waals surface area (Å²) in [4.78, 5) is 1.36. The predicted molar refractivity (Wildman–Crippen MR) is 55.7 cm³/mol. The molecule has 0 aliphatic rings. The van der Waals surface area contributed by atoms with Gasteiger partial charge >= 0.3 is 6.18 Å². The molecule has 0 aromatic heterocycles. The second-order valence-electron chi connectivity index (χ2n) is 3.82. The molecule has 0 aromatic rings. The number of hydrogen-bond acceptors (Lipinski definition) is 2. The standard InChI is InChI=1S/C10H21F3N2/c1-3-4-5-8-15(2)9(6-7-14)10(11,12)13/h9H,3-8,14H2,1-2H3. The van der Waals surface area contributed by atoms with E-state index in [-0.39, 0.29) is 13.0 Å². The maximum absolute atomic E-state index is 12.6.